The average Bonchev–Trinajstić information content (AvgIpc) is 2.97. The molecule has 0 radical (unpaired) electrons. The van der Waals surface area contributed by atoms with Crippen LogP contribution in [0.25, 0.3) is 0 Å². The molecule has 3 N–H and O–H groups in total. The molecule has 20 heavy (non-hydrogen) atoms. The van der Waals surface area contributed by atoms with E-state index in [1.807, 2.05) is 0 Å². The van der Waals surface area contributed by atoms with Gasteiger partial charge in [0.1, 0.15) is 17.3 Å². The van der Waals surface area contributed by atoms with Gasteiger partial charge < -0.3 is 10.1 Å². The first-order valence-electron chi connectivity index (χ1n) is 5.64. The van der Waals surface area contributed by atoms with E-state index in [1.54, 1.807) is 6.20 Å². The van der Waals surface area contributed by atoms with E-state index in [1.165, 1.54) is 24.7 Å². The first-order chi connectivity index (χ1) is 9.62. The Morgan fingerprint density at radius 3 is 2.95 bits per heavy atom. The maximum Gasteiger partial charge on any atom is 0.242 e. The Hall–Kier alpha value is -2.21. The number of hydrogen-bond donors (Lipinski definition) is 3. The summed E-state index contributed by atoms with van der Waals surface area (Å²) in [6.07, 6.45) is 5.80. The molecule has 0 saturated carbocycles. The molecule has 2 rings (SSSR count). The van der Waals surface area contributed by atoms with Crippen LogP contribution in [0.2, 0.25) is 0 Å². The third-order valence-corrected chi connectivity index (χ3v) is 3.69. The fourth-order valence-electron chi connectivity index (χ4n) is 1.42. The normalized spacial score (nSPS) is 10.8. The van der Waals surface area contributed by atoms with Crippen LogP contribution in [0, 0.1) is 11.8 Å². The molecule has 0 aromatic carbocycles. The number of aliphatic hydroxyl groups excluding tert-OH is 1. The first kappa shape index (κ1) is 14.2. The first-order valence-corrected chi connectivity index (χ1v) is 7.13. The van der Waals surface area contributed by atoms with Gasteiger partial charge >= 0.3 is 0 Å². The number of pyridine rings is 1. The molecule has 0 aliphatic carbocycles. The van der Waals surface area contributed by atoms with Gasteiger partial charge in [0.15, 0.2) is 0 Å². The van der Waals surface area contributed by atoms with E-state index >= 15 is 0 Å². The molecule has 0 aliphatic rings. The number of nitrogens with one attached hydrogen (secondary N) is 2. The summed E-state index contributed by atoms with van der Waals surface area (Å²) < 4.78 is 26.5. The third kappa shape index (κ3) is 3.64. The van der Waals surface area contributed by atoms with Crippen molar-refractivity contribution in [2.24, 2.45) is 0 Å². The Labute approximate surface area is 116 Å². The van der Waals surface area contributed by atoms with Crippen molar-refractivity contribution < 1.29 is 13.5 Å². The van der Waals surface area contributed by atoms with Crippen molar-refractivity contribution in [3.8, 4) is 11.8 Å². The molecule has 8 heteroatoms. The van der Waals surface area contributed by atoms with E-state index in [9.17, 15) is 8.42 Å². The molecule has 0 saturated heterocycles. The van der Waals surface area contributed by atoms with Gasteiger partial charge in [0.2, 0.25) is 10.0 Å². The molecular weight excluding hydrogens is 280 g/mol. The third-order valence-electron chi connectivity index (χ3n) is 2.32. The minimum Gasteiger partial charge on any atom is -0.384 e. The highest BCUT2D eigenvalue weighted by Gasteiger charge is 2.15. The number of aromatic amines is 1. The minimum atomic E-state index is -3.69. The van der Waals surface area contributed by atoms with Gasteiger partial charge in [-0.1, -0.05) is 11.8 Å². The monoisotopic (exact) mass is 292 g/mol. The van der Waals surface area contributed by atoms with Crippen molar-refractivity contribution in [2.45, 2.75) is 11.4 Å². The second-order valence-corrected chi connectivity index (χ2v) is 5.50. The van der Waals surface area contributed by atoms with Crippen LogP contribution >= 0.6 is 0 Å². The number of aliphatic hydroxyl groups is 1. The number of sulfonamides is 1. The van der Waals surface area contributed by atoms with E-state index in [-0.39, 0.29) is 18.0 Å². The maximum absolute atomic E-state index is 12.1. The lowest BCUT2D eigenvalue weighted by Gasteiger charge is -2.05. The van der Waals surface area contributed by atoms with Gasteiger partial charge in [-0.15, -0.1) is 0 Å². The Morgan fingerprint density at radius 1 is 1.40 bits per heavy atom. The SMILES string of the molecule is O=S(=O)(NCc1ncc[nH]1)c1cncc(C#CCO)c1. The Bertz CT molecular complexity index is 730. The molecule has 0 unspecified atom stereocenters. The van der Waals surface area contributed by atoms with Gasteiger partial charge in [-0.3, -0.25) is 4.98 Å². The van der Waals surface area contributed by atoms with Crippen LogP contribution in [0.4, 0.5) is 0 Å². The molecule has 2 aromatic heterocycles. The Kier molecular flexibility index (Phi) is 4.47. The predicted octanol–water partition coefficient (Wildman–Crippen LogP) is -0.373. The van der Waals surface area contributed by atoms with Crippen LogP contribution in [0.5, 0.6) is 0 Å². The summed E-state index contributed by atoms with van der Waals surface area (Å²) in [6.45, 7) is -0.240. The smallest absolute Gasteiger partial charge is 0.242 e. The second-order valence-electron chi connectivity index (χ2n) is 3.73. The van der Waals surface area contributed by atoms with Crippen molar-refractivity contribution in [1.29, 1.82) is 0 Å². The summed E-state index contributed by atoms with van der Waals surface area (Å²) in [5.74, 6) is 5.55. The van der Waals surface area contributed by atoms with Gasteiger partial charge in [0.25, 0.3) is 0 Å². The molecule has 7 nitrogen and oxygen atoms in total. The molecule has 104 valence electrons. The standard InChI is InChI=1S/C12H12N4O3S/c17-5-1-2-10-6-11(8-13-7-10)20(18,19)16-9-12-14-3-4-15-12/h3-4,6-8,16-17H,5,9H2,(H,14,15). The van der Waals surface area contributed by atoms with Gasteiger partial charge in [-0.25, -0.2) is 18.1 Å². The van der Waals surface area contributed by atoms with Crippen molar-refractivity contribution in [2.75, 3.05) is 6.61 Å². The van der Waals surface area contributed by atoms with E-state index in [4.69, 9.17) is 5.11 Å². The number of aromatic nitrogens is 3. The summed E-state index contributed by atoms with van der Waals surface area (Å²) in [4.78, 5) is 10.5. The molecule has 0 spiro atoms. The highest BCUT2D eigenvalue weighted by Crippen LogP contribution is 2.09. The van der Waals surface area contributed by atoms with Crippen molar-refractivity contribution in [3.05, 3.63) is 42.2 Å². The van der Waals surface area contributed by atoms with Gasteiger partial charge in [0, 0.05) is 30.4 Å². The lowest BCUT2D eigenvalue weighted by molar-refractivity contribution is 0.350. The number of hydrogen-bond acceptors (Lipinski definition) is 5. The molecule has 0 fully saturated rings. The Balaban J connectivity index is 2.16. The topological polar surface area (TPSA) is 108 Å². The van der Waals surface area contributed by atoms with E-state index < -0.39 is 10.0 Å². The summed E-state index contributed by atoms with van der Waals surface area (Å²) in [6, 6.07) is 1.39. The zero-order valence-corrected chi connectivity index (χ0v) is 11.2. The molecule has 0 amide bonds. The van der Waals surface area contributed by atoms with Crippen molar-refractivity contribution >= 4 is 10.0 Å². The lowest BCUT2D eigenvalue weighted by Crippen LogP contribution is -2.24. The largest absolute Gasteiger partial charge is 0.384 e. The average molecular weight is 292 g/mol. The van der Waals surface area contributed by atoms with Crippen molar-refractivity contribution in [3.63, 3.8) is 0 Å². The summed E-state index contributed by atoms with van der Waals surface area (Å²) in [5, 5.41) is 8.61. The second kappa shape index (κ2) is 6.29. The van der Waals surface area contributed by atoms with Gasteiger partial charge in [-0.05, 0) is 6.07 Å². The number of H-pyrrole nitrogens is 1. The zero-order chi connectivity index (χ0) is 14.4. The van der Waals surface area contributed by atoms with E-state index in [0.717, 1.165) is 0 Å². The number of rotatable bonds is 4. The summed E-state index contributed by atoms with van der Waals surface area (Å²) >= 11 is 0. The van der Waals surface area contributed by atoms with Crippen LogP contribution in [-0.4, -0.2) is 35.1 Å². The summed E-state index contributed by atoms with van der Waals surface area (Å²) in [5.41, 5.74) is 0.417. The van der Waals surface area contributed by atoms with E-state index in [0.29, 0.717) is 11.4 Å². The molecule has 0 aliphatic heterocycles. The van der Waals surface area contributed by atoms with Crippen LogP contribution in [0.15, 0.2) is 35.7 Å². The molecule has 0 bridgehead atoms. The zero-order valence-electron chi connectivity index (χ0n) is 10.4. The Morgan fingerprint density at radius 2 is 2.25 bits per heavy atom. The van der Waals surface area contributed by atoms with Crippen molar-refractivity contribution in [1.82, 2.24) is 19.7 Å². The van der Waals surface area contributed by atoms with Gasteiger partial charge in [0.05, 0.1) is 6.54 Å². The van der Waals surface area contributed by atoms with Crippen LogP contribution in [0.3, 0.4) is 0 Å². The predicted molar refractivity (Wildman–Crippen MR) is 70.8 cm³/mol. The maximum atomic E-state index is 12.1. The van der Waals surface area contributed by atoms with E-state index in [2.05, 4.69) is 31.5 Å². The lowest BCUT2D eigenvalue weighted by atomic mass is 10.3. The highest BCUT2D eigenvalue weighted by molar-refractivity contribution is 7.89. The fraction of sp³-hybridized carbons (Fsp3) is 0.167. The van der Waals surface area contributed by atoms with Crippen LogP contribution in [0.1, 0.15) is 11.4 Å². The number of imidazole rings is 1. The number of nitrogens with zero attached hydrogens (tertiary/aromatic N) is 2. The summed E-state index contributed by atoms with van der Waals surface area (Å²) in [7, 11) is -3.69. The quantitative estimate of drug-likeness (QED) is 0.666. The van der Waals surface area contributed by atoms with Crippen LogP contribution < -0.4 is 4.72 Å². The fourth-order valence-corrected chi connectivity index (χ4v) is 2.39. The molecule has 2 aromatic rings. The van der Waals surface area contributed by atoms with Gasteiger partial charge in [-0.2, -0.15) is 0 Å². The molecular formula is C12H12N4O3S. The highest BCUT2D eigenvalue weighted by atomic mass is 32.2. The van der Waals surface area contributed by atoms with Crippen LogP contribution in [-0.2, 0) is 16.6 Å². The minimum absolute atomic E-state index is 0.00814. The molecule has 0 atom stereocenters. The molecule has 2 heterocycles.